The number of aromatic nitrogens is 2. The summed E-state index contributed by atoms with van der Waals surface area (Å²) >= 11 is 0. The first-order valence-electron chi connectivity index (χ1n) is 7.81. The fourth-order valence-electron chi connectivity index (χ4n) is 2.89. The molecule has 4 rings (SSSR count). The molecule has 0 aliphatic carbocycles. The van der Waals surface area contributed by atoms with Gasteiger partial charge in [0.05, 0.1) is 18.1 Å². The zero-order valence-electron chi connectivity index (χ0n) is 13.4. The Hall–Kier alpha value is -3.67. The molecule has 0 atom stereocenters. The van der Waals surface area contributed by atoms with Crippen LogP contribution in [-0.2, 0) is 0 Å². The zero-order chi connectivity index (χ0) is 17.2. The minimum Gasteiger partial charge on any atom is -0.398 e. The van der Waals surface area contributed by atoms with Gasteiger partial charge in [-0.05, 0) is 39.8 Å². The molecule has 0 bridgehead atoms. The van der Waals surface area contributed by atoms with E-state index in [1.807, 2.05) is 24.3 Å². The molecule has 0 amide bonds. The first kappa shape index (κ1) is 14.9. The van der Waals surface area contributed by atoms with Crippen LogP contribution in [0, 0.1) is 0 Å². The Morgan fingerprint density at radius 3 is 2.40 bits per heavy atom. The van der Waals surface area contributed by atoms with E-state index >= 15 is 0 Å². The summed E-state index contributed by atoms with van der Waals surface area (Å²) in [5, 5.41) is 14.3. The van der Waals surface area contributed by atoms with E-state index in [4.69, 9.17) is 11.5 Å². The van der Waals surface area contributed by atoms with Crippen molar-refractivity contribution >= 4 is 27.8 Å². The Labute approximate surface area is 144 Å². The van der Waals surface area contributed by atoms with Gasteiger partial charge < -0.3 is 11.5 Å². The minimum absolute atomic E-state index is 0.561. The van der Waals surface area contributed by atoms with E-state index < -0.39 is 0 Å². The van der Waals surface area contributed by atoms with Gasteiger partial charge in [-0.15, -0.1) is 9.91 Å². The molecular weight excluding hydrogens is 312 g/mol. The fourth-order valence-corrected chi connectivity index (χ4v) is 2.89. The molecule has 0 radical (unpaired) electrons. The summed E-state index contributed by atoms with van der Waals surface area (Å²) in [6.07, 6.45) is 3.33. The highest BCUT2D eigenvalue weighted by Crippen LogP contribution is 2.39. The van der Waals surface area contributed by atoms with Crippen molar-refractivity contribution in [2.24, 2.45) is 10.3 Å². The topological polar surface area (TPSA) is 94.6 Å². The first-order chi connectivity index (χ1) is 12.2. The molecule has 0 aliphatic heterocycles. The van der Waals surface area contributed by atoms with Crippen LogP contribution in [0.5, 0.6) is 0 Å². The van der Waals surface area contributed by atoms with E-state index in [9.17, 15) is 0 Å². The first-order valence-corrected chi connectivity index (χ1v) is 7.81. The van der Waals surface area contributed by atoms with E-state index in [-0.39, 0.29) is 0 Å². The molecule has 6 heteroatoms. The Morgan fingerprint density at radius 1 is 0.880 bits per heavy atom. The van der Waals surface area contributed by atoms with Crippen LogP contribution >= 0.6 is 0 Å². The van der Waals surface area contributed by atoms with Gasteiger partial charge in [0.25, 0.3) is 0 Å². The van der Waals surface area contributed by atoms with Crippen LogP contribution in [0.15, 0.2) is 83.4 Å². The van der Waals surface area contributed by atoms with Crippen LogP contribution in [0.4, 0.5) is 17.1 Å². The maximum absolute atomic E-state index is 6.29. The van der Waals surface area contributed by atoms with Crippen LogP contribution in [0.3, 0.4) is 0 Å². The number of benzene rings is 3. The highest BCUT2D eigenvalue weighted by molar-refractivity contribution is 6.03. The molecule has 4 N–H and O–H groups in total. The third-order valence-corrected chi connectivity index (χ3v) is 3.99. The lowest BCUT2D eigenvalue weighted by Crippen LogP contribution is -1.97. The number of nitrogens with two attached hydrogens (primary N) is 2. The lowest BCUT2D eigenvalue weighted by Gasteiger charge is -2.13. The van der Waals surface area contributed by atoms with Crippen molar-refractivity contribution in [3.8, 4) is 11.1 Å². The third kappa shape index (κ3) is 2.81. The summed E-state index contributed by atoms with van der Waals surface area (Å²) < 4.78 is 0. The number of hydrogen-bond donors (Lipinski definition) is 2. The van der Waals surface area contributed by atoms with Crippen LogP contribution in [0.1, 0.15) is 0 Å². The second-order valence-electron chi connectivity index (χ2n) is 5.64. The van der Waals surface area contributed by atoms with Gasteiger partial charge in [-0.1, -0.05) is 42.5 Å². The van der Waals surface area contributed by atoms with Gasteiger partial charge in [0.15, 0.2) is 0 Å². The van der Waals surface area contributed by atoms with Gasteiger partial charge in [0.2, 0.25) is 0 Å². The van der Waals surface area contributed by atoms with Gasteiger partial charge in [-0.25, -0.2) is 0 Å². The smallest absolute Gasteiger partial charge is 0.0916 e. The van der Waals surface area contributed by atoms with E-state index in [0.29, 0.717) is 17.1 Å². The summed E-state index contributed by atoms with van der Waals surface area (Å²) in [6, 6.07) is 19.5. The summed E-state index contributed by atoms with van der Waals surface area (Å²) in [7, 11) is 0. The molecular formula is C19H16N6. The lowest BCUT2D eigenvalue weighted by atomic mass is 9.95. The number of anilines is 2. The van der Waals surface area contributed by atoms with Crippen molar-refractivity contribution < 1.29 is 0 Å². The van der Waals surface area contributed by atoms with Crippen LogP contribution < -0.4 is 11.5 Å². The van der Waals surface area contributed by atoms with Crippen molar-refractivity contribution in [2.75, 3.05) is 11.5 Å². The van der Waals surface area contributed by atoms with Gasteiger partial charge in [-0.3, -0.25) is 0 Å². The predicted molar refractivity (Wildman–Crippen MR) is 100 cm³/mol. The Morgan fingerprint density at radius 2 is 1.64 bits per heavy atom. The minimum atomic E-state index is 0.561. The Balaban J connectivity index is 1.81. The highest BCUT2D eigenvalue weighted by atomic mass is 15.6. The number of fused-ring (bicyclic) bond motifs is 1. The second-order valence-corrected chi connectivity index (χ2v) is 5.64. The Kier molecular flexibility index (Phi) is 3.63. The average molecular weight is 328 g/mol. The molecule has 4 aromatic rings. The summed E-state index contributed by atoms with van der Waals surface area (Å²) in [5.41, 5.74) is 16.1. The quantitative estimate of drug-likeness (QED) is 0.430. The van der Waals surface area contributed by atoms with Gasteiger partial charge in [-0.2, -0.15) is 5.10 Å². The van der Waals surface area contributed by atoms with Crippen molar-refractivity contribution in [1.82, 2.24) is 9.89 Å². The molecule has 6 nitrogen and oxygen atoms in total. The lowest BCUT2D eigenvalue weighted by molar-refractivity contribution is 0.692. The number of nitrogen functional groups attached to an aromatic ring is 2. The van der Waals surface area contributed by atoms with E-state index in [0.717, 1.165) is 21.9 Å². The predicted octanol–water partition coefficient (Wildman–Crippen LogP) is 4.41. The fraction of sp³-hybridized carbons (Fsp3) is 0. The molecule has 0 aliphatic rings. The SMILES string of the molecule is Nc1cc(/N=N/n2cccn2)cc(N)c1-c1cccc2ccccc12. The molecule has 1 aromatic heterocycles. The van der Waals surface area contributed by atoms with E-state index in [1.165, 1.54) is 4.79 Å². The highest BCUT2D eigenvalue weighted by Gasteiger charge is 2.12. The normalized spacial score (nSPS) is 11.4. The van der Waals surface area contributed by atoms with Crippen molar-refractivity contribution in [3.63, 3.8) is 0 Å². The standard InChI is InChI=1S/C19H16N6/c20-17-11-14(23-24-25-10-4-9-22-25)12-18(21)19(17)16-8-3-6-13-5-1-2-7-15(13)16/h1-12H,20-21H2/b24-23+. The zero-order valence-corrected chi connectivity index (χ0v) is 13.4. The average Bonchev–Trinajstić information content (AvgIpc) is 3.13. The molecule has 0 unspecified atom stereocenters. The van der Waals surface area contributed by atoms with Crippen molar-refractivity contribution in [1.29, 1.82) is 0 Å². The molecule has 122 valence electrons. The van der Waals surface area contributed by atoms with E-state index in [2.05, 4.69) is 33.6 Å². The molecule has 0 spiro atoms. The summed E-state index contributed by atoms with van der Waals surface area (Å²) in [4.78, 5) is 1.37. The van der Waals surface area contributed by atoms with Crippen molar-refractivity contribution in [2.45, 2.75) is 0 Å². The summed E-state index contributed by atoms with van der Waals surface area (Å²) in [6.45, 7) is 0. The number of hydrogen-bond acceptors (Lipinski definition) is 5. The third-order valence-electron chi connectivity index (χ3n) is 3.99. The largest absolute Gasteiger partial charge is 0.398 e. The summed E-state index contributed by atoms with van der Waals surface area (Å²) in [5.74, 6) is 0. The molecule has 25 heavy (non-hydrogen) atoms. The molecule has 0 fully saturated rings. The van der Waals surface area contributed by atoms with Gasteiger partial charge in [0, 0.05) is 16.9 Å². The van der Waals surface area contributed by atoms with Crippen LogP contribution in [0.2, 0.25) is 0 Å². The van der Waals surface area contributed by atoms with Gasteiger partial charge in [0.1, 0.15) is 0 Å². The molecule has 3 aromatic carbocycles. The van der Waals surface area contributed by atoms with Crippen LogP contribution in [0.25, 0.3) is 21.9 Å². The van der Waals surface area contributed by atoms with E-state index in [1.54, 1.807) is 30.6 Å². The molecule has 0 saturated carbocycles. The monoisotopic (exact) mass is 328 g/mol. The maximum Gasteiger partial charge on any atom is 0.0916 e. The van der Waals surface area contributed by atoms with Gasteiger partial charge >= 0.3 is 0 Å². The molecule has 0 saturated heterocycles. The molecule has 1 heterocycles. The number of rotatable bonds is 3. The number of nitrogens with zero attached hydrogens (tertiary/aromatic N) is 4. The maximum atomic E-state index is 6.29. The van der Waals surface area contributed by atoms with Crippen molar-refractivity contribution in [3.05, 3.63) is 73.1 Å². The van der Waals surface area contributed by atoms with Crippen LogP contribution in [-0.4, -0.2) is 9.89 Å². The second kappa shape index (κ2) is 6.09. The Bertz CT molecular complexity index is 1040.